The first-order chi connectivity index (χ1) is 16.1. The molecule has 2 amide bonds. The zero-order chi connectivity index (χ0) is 24.7. The van der Waals surface area contributed by atoms with Crippen LogP contribution in [0.25, 0.3) is 0 Å². The lowest BCUT2D eigenvalue weighted by atomic mass is 9.99. The first-order valence-electron chi connectivity index (χ1n) is 11.6. The summed E-state index contributed by atoms with van der Waals surface area (Å²) in [6.45, 7) is 8.25. The standard InChI is InChI=1S/C29H33BrN2O2/c1-21-10-12-23(13-11-21)19-27(33)32(20-24-14-16-25(30)17-15-24)26(28(34)31-29(2,3)4)18-22-8-6-5-7-9-22/h5-17,26H,18-20H2,1-4H3,(H,31,34)/t26-/m1/s1. The molecule has 3 rings (SSSR count). The minimum atomic E-state index is -0.636. The second-order valence-electron chi connectivity index (χ2n) is 9.76. The van der Waals surface area contributed by atoms with Crippen LogP contribution in [0.5, 0.6) is 0 Å². The molecule has 4 nitrogen and oxygen atoms in total. The van der Waals surface area contributed by atoms with Crippen molar-refractivity contribution in [1.82, 2.24) is 10.2 Å². The number of halogens is 1. The van der Waals surface area contributed by atoms with Gasteiger partial charge in [-0.25, -0.2) is 0 Å². The van der Waals surface area contributed by atoms with Crippen LogP contribution in [0.1, 0.15) is 43.0 Å². The van der Waals surface area contributed by atoms with Crippen molar-refractivity contribution in [3.05, 3.63) is 106 Å². The van der Waals surface area contributed by atoms with Crippen LogP contribution in [0, 0.1) is 6.92 Å². The van der Waals surface area contributed by atoms with Gasteiger partial charge >= 0.3 is 0 Å². The zero-order valence-corrected chi connectivity index (χ0v) is 21.9. The maximum absolute atomic E-state index is 13.7. The molecule has 5 heteroatoms. The maximum atomic E-state index is 13.7. The van der Waals surface area contributed by atoms with Crippen LogP contribution < -0.4 is 5.32 Å². The third-order valence-corrected chi connectivity index (χ3v) is 6.04. The zero-order valence-electron chi connectivity index (χ0n) is 20.3. The van der Waals surface area contributed by atoms with Gasteiger partial charge in [-0.05, 0) is 56.5 Å². The fraction of sp³-hybridized carbons (Fsp3) is 0.310. The summed E-state index contributed by atoms with van der Waals surface area (Å²) in [5.41, 5.74) is 3.66. The molecule has 0 fully saturated rings. The minimum absolute atomic E-state index is 0.0724. The summed E-state index contributed by atoms with van der Waals surface area (Å²) in [5, 5.41) is 3.10. The van der Waals surface area contributed by atoms with Crippen molar-refractivity contribution in [2.45, 2.75) is 58.7 Å². The Morgan fingerprint density at radius 3 is 2.03 bits per heavy atom. The number of carbonyl (C=O) groups excluding carboxylic acids is 2. The number of nitrogens with one attached hydrogen (secondary N) is 1. The summed E-state index contributed by atoms with van der Waals surface area (Å²) in [6, 6.07) is 25.1. The predicted molar refractivity (Wildman–Crippen MR) is 141 cm³/mol. The number of nitrogens with zero attached hydrogens (tertiary/aromatic N) is 1. The van der Waals surface area contributed by atoms with Crippen molar-refractivity contribution in [3.8, 4) is 0 Å². The van der Waals surface area contributed by atoms with E-state index in [1.54, 1.807) is 4.90 Å². The minimum Gasteiger partial charge on any atom is -0.350 e. The van der Waals surface area contributed by atoms with E-state index in [1.807, 2.05) is 107 Å². The maximum Gasteiger partial charge on any atom is 0.243 e. The van der Waals surface area contributed by atoms with Crippen molar-refractivity contribution < 1.29 is 9.59 Å². The molecule has 0 unspecified atom stereocenters. The van der Waals surface area contributed by atoms with Gasteiger partial charge in [0.15, 0.2) is 0 Å². The highest BCUT2D eigenvalue weighted by atomic mass is 79.9. The monoisotopic (exact) mass is 520 g/mol. The average molecular weight is 521 g/mol. The molecule has 0 aliphatic heterocycles. The van der Waals surface area contributed by atoms with Gasteiger partial charge in [-0.15, -0.1) is 0 Å². The SMILES string of the molecule is Cc1ccc(CC(=O)N(Cc2ccc(Br)cc2)[C@H](Cc2ccccc2)C(=O)NC(C)(C)C)cc1. The van der Waals surface area contributed by atoms with Crippen LogP contribution in [-0.2, 0) is 29.0 Å². The van der Waals surface area contributed by atoms with Crippen LogP contribution in [-0.4, -0.2) is 28.3 Å². The molecule has 0 aromatic heterocycles. The van der Waals surface area contributed by atoms with Gasteiger partial charge in [0.1, 0.15) is 6.04 Å². The highest BCUT2D eigenvalue weighted by Crippen LogP contribution is 2.19. The van der Waals surface area contributed by atoms with Crippen molar-refractivity contribution in [3.63, 3.8) is 0 Å². The summed E-state index contributed by atoms with van der Waals surface area (Å²) in [7, 11) is 0. The van der Waals surface area contributed by atoms with Gasteiger partial charge in [0.05, 0.1) is 6.42 Å². The van der Waals surface area contributed by atoms with Gasteiger partial charge in [-0.2, -0.15) is 0 Å². The summed E-state index contributed by atoms with van der Waals surface area (Å²) >= 11 is 3.48. The molecule has 178 valence electrons. The van der Waals surface area contributed by atoms with Crippen LogP contribution in [0.2, 0.25) is 0 Å². The van der Waals surface area contributed by atoms with E-state index in [9.17, 15) is 9.59 Å². The van der Waals surface area contributed by atoms with Gasteiger partial charge < -0.3 is 10.2 Å². The van der Waals surface area contributed by atoms with E-state index in [4.69, 9.17) is 0 Å². The predicted octanol–water partition coefficient (Wildman–Crippen LogP) is 5.85. The van der Waals surface area contributed by atoms with Crippen LogP contribution >= 0.6 is 15.9 Å². The Kier molecular flexibility index (Phi) is 8.67. The topological polar surface area (TPSA) is 49.4 Å². The molecule has 34 heavy (non-hydrogen) atoms. The lowest BCUT2D eigenvalue weighted by Crippen LogP contribution is -2.54. The van der Waals surface area contributed by atoms with Gasteiger partial charge in [-0.1, -0.05) is 88.2 Å². The van der Waals surface area contributed by atoms with Gasteiger partial charge in [0.2, 0.25) is 11.8 Å². The molecule has 0 bridgehead atoms. The van der Waals surface area contributed by atoms with Crippen molar-refractivity contribution in [1.29, 1.82) is 0 Å². The molecule has 0 aliphatic carbocycles. The van der Waals surface area contributed by atoms with E-state index in [1.165, 1.54) is 0 Å². The molecule has 0 aliphatic rings. The van der Waals surface area contributed by atoms with Crippen LogP contribution in [0.15, 0.2) is 83.3 Å². The van der Waals surface area contributed by atoms with E-state index >= 15 is 0 Å². The largest absolute Gasteiger partial charge is 0.350 e. The van der Waals surface area contributed by atoms with Crippen molar-refractivity contribution in [2.24, 2.45) is 0 Å². The molecule has 1 atom stereocenters. The summed E-state index contributed by atoms with van der Waals surface area (Å²) in [4.78, 5) is 29.0. The number of rotatable bonds is 8. The number of carbonyl (C=O) groups is 2. The first kappa shape index (κ1) is 25.7. The fourth-order valence-electron chi connectivity index (χ4n) is 3.78. The number of amides is 2. The second kappa shape index (κ2) is 11.5. The Hall–Kier alpha value is -2.92. The molecule has 0 heterocycles. The number of hydrogen-bond acceptors (Lipinski definition) is 2. The summed E-state index contributed by atoms with van der Waals surface area (Å²) < 4.78 is 0.972. The molecule has 0 saturated heterocycles. The summed E-state index contributed by atoms with van der Waals surface area (Å²) in [5.74, 6) is -0.220. The lowest BCUT2D eigenvalue weighted by Gasteiger charge is -2.34. The molecule has 0 spiro atoms. The molecule has 1 N–H and O–H groups in total. The van der Waals surface area contributed by atoms with E-state index in [-0.39, 0.29) is 18.2 Å². The lowest BCUT2D eigenvalue weighted by molar-refractivity contribution is -0.141. The Morgan fingerprint density at radius 1 is 0.853 bits per heavy atom. The van der Waals surface area contributed by atoms with E-state index in [0.717, 1.165) is 26.7 Å². The Labute approximate surface area is 211 Å². The van der Waals surface area contributed by atoms with Crippen molar-refractivity contribution in [2.75, 3.05) is 0 Å². The Morgan fingerprint density at radius 2 is 1.44 bits per heavy atom. The molecule has 3 aromatic carbocycles. The van der Waals surface area contributed by atoms with E-state index < -0.39 is 11.6 Å². The number of hydrogen-bond donors (Lipinski definition) is 1. The summed E-state index contributed by atoms with van der Waals surface area (Å²) in [6.07, 6.45) is 0.684. The smallest absolute Gasteiger partial charge is 0.243 e. The molecule has 3 aromatic rings. The van der Waals surface area contributed by atoms with Gasteiger partial charge in [0, 0.05) is 23.0 Å². The van der Waals surface area contributed by atoms with E-state index in [2.05, 4.69) is 21.2 Å². The number of aryl methyl sites for hydroxylation is 1. The highest BCUT2D eigenvalue weighted by Gasteiger charge is 2.32. The normalized spacial score (nSPS) is 12.1. The average Bonchev–Trinajstić information content (AvgIpc) is 2.78. The second-order valence-corrected chi connectivity index (χ2v) is 10.7. The first-order valence-corrected chi connectivity index (χ1v) is 12.4. The fourth-order valence-corrected chi connectivity index (χ4v) is 4.04. The third kappa shape index (κ3) is 7.84. The van der Waals surface area contributed by atoms with Gasteiger partial charge in [-0.3, -0.25) is 9.59 Å². The van der Waals surface area contributed by atoms with E-state index in [0.29, 0.717) is 13.0 Å². The van der Waals surface area contributed by atoms with Crippen LogP contribution in [0.3, 0.4) is 0 Å². The Balaban J connectivity index is 1.97. The van der Waals surface area contributed by atoms with Crippen molar-refractivity contribution >= 4 is 27.7 Å². The number of benzene rings is 3. The highest BCUT2D eigenvalue weighted by molar-refractivity contribution is 9.10. The molecular formula is C29H33BrN2O2. The Bertz CT molecular complexity index is 1090. The molecular weight excluding hydrogens is 488 g/mol. The quantitative estimate of drug-likeness (QED) is 0.404. The molecule has 0 saturated carbocycles. The molecule has 0 radical (unpaired) electrons. The van der Waals surface area contributed by atoms with Gasteiger partial charge in [0.25, 0.3) is 0 Å². The van der Waals surface area contributed by atoms with Crippen LogP contribution in [0.4, 0.5) is 0 Å². The third-order valence-electron chi connectivity index (χ3n) is 5.51.